The first-order valence-corrected chi connectivity index (χ1v) is 6.99. The normalized spacial score (nSPS) is 12.7. The molecule has 0 spiro atoms. The second kappa shape index (κ2) is 5.95. The van der Waals surface area contributed by atoms with Crippen molar-refractivity contribution in [3.8, 4) is 0 Å². The third-order valence-electron chi connectivity index (χ3n) is 3.18. The molecule has 0 amide bonds. The highest BCUT2D eigenvalue weighted by Gasteiger charge is 2.14. The van der Waals surface area contributed by atoms with Crippen molar-refractivity contribution in [2.24, 2.45) is 12.8 Å². The van der Waals surface area contributed by atoms with Crippen molar-refractivity contribution >= 4 is 23.2 Å². The van der Waals surface area contributed by atoms with Crippen LogP contribution >= 0.6 is 23.2 Å². The Hall–Kier alpha value is -1.03. The monoisotopic (exact) mass is 297 g/mol. The number of hydrogen-bond donors (Lipinski definition) is 1. The molecule has 0 saturated heterocycles. The van der Waals surface area contributed by atoms with Crippen molar-refractivity contribution in [1.82, 2.24) is 9.78 Å². The predicted octanol–water partition coefficient (Wildman–Crippen LogP) is 3.53. The van der Waals surface area contributed by atoms with Gasteiger partial charge in [-0.25, -0.2) is 0 Å². The second-order valence-electron chi connectivity index (χ2n) is 4.58. The van der Waals surface area contributed by atoms with E-state index >= 15 is 0 Å². The number of nitrogens with zero attached hydrogens (tertiary/aromatic N) is 2. The summed E-state index contributed by atoms with van der Waals surface area (Å²) in [4.78, 5) is 0. The molecule has 0 aliphatic rings. The lowest BCUT2D eigenvalue weighted by Crippen LogP contribution is -2.15. The summed E-state index contributed by atoms with van der Waals surface area (Å²) in [6, 6.07) is 7.26. The van der Waals surface area contributed by atoms with Crippen LogP contribution in [0.2, 0.25) is 10.0 Å². The molecule has 0 saturated carbocycles. The molecule has 0 bridgehead atoms. The van der Waals surface area contributed by atoms with E-state index in [0.29, 0.717) is 16.5 Å². The second-order valence-corrected chi connectivity index (χ2v) is 5.42. The number of nitrogens with two attached hydrogens (primary N) is 1. The summed E-state index contributed by atoms with van der Waals surface area (Å²) in [6.07, 6.45) is 1.60. The lowest BCUT2D eigenvalue weighted by atomic mass is 10.0. The molecule has 1 atom stereocenters. The highest BCUT2D eigenvalue weighted by molar-refractivity contribution is 6.33. The molecular weight excluding hydrogens is 281 g/mol. The Balaban J connectivity index is 2.22. The van der Waals surface area contributed by atoms with Crippen LogP contribution in [0.3, 0.4) is 0 Å². The zero-order chi connectivity index (χ0) is 14.0. The molecular formula is C14H17Cl2N3. The number of halogens is 2. The van der Waals surface area contributed by atoms with Gasteiger partial charge in [0, 0.05) is 35.2 Å². The minimum absolute atomic E-state index is 0.189. The standard InChI is InChI=1S/C14H17Cl2N3/c1-3-10-7-11(19(2)18-10)8-14(17)12-6-9(15)4-5-13(12)16/h4-7,14H,3,8,17H2,1-2H3. The van der Waals surface area contributed by atoms with Crippen LogP contribution in [-0.2, 0) is 19.9 Å². The first kappa shape index (κ1) is 14.4. The van der Waals surface area contributed by atoms with Crippen molar-refractivity contribution in [1.29, 1.82) is 0 Å². The van der Waals surface area contributed by atoms with Crippen LogP contribution in [0.15, 0.2) is 24.3 Å². The van der Waals surface area contributed by atoms with Gasteiger partial charge in [0.15, 0.2) is 0 Å². The Labute approximate surface area is 123 Å². The van der Waals surface area contributed by atoms with Crippen molar-refractivity contribution < 1.29 is 0 Å². The molecule has 0 fully saturated rings. The molecule has 1 unspecified atom stereocenters. The van der Waals surface area contributed by atoms with Crippen LogP contribution in [-0.4, -0.2) is 9.78 Å². The van der Waals surface area contributed by atoms with Gasteiger partial charge in [0.1, 0.15) is 0 Å². The van der Waals surface area contributed by atoms with Crippen LogP contribution in [0.5, 0.6) is 0 Å². The van der Waals surface area contributed by atoms with Crippen LogP contribution in [0.1, 0.15) is 29.9 Å². The number of aryl methyl sites for hydroxylation is 2. The van der Waals surface area contributed by atoms with E-state index in [1.165, 1.54) is 0 Å². The molecule has 102 valence electrons. The summed E-state index contributed by atoms with van der Waals surface area (Å²) in [5, 5.41) is 5.71. The lowest BCUT2D eigenvalue weighted by Gasteiger charge is -2.14. The number of aromatic nitrogens is 2. The number of benzene rings is 1. The third kappa shape index (κ3) is 3.30. The van der Waals surface area contributed by atoms with Gasteiger partial charge in [0.2, 0.25) is 0 Å². The topological polar surface area (TPSA) is 43.8 Å². The first-order chi connectivity index (χ1) is 9.01. The van der Waals surface area contributed by atoms with Crippen LogP contribution < -0.4 is 5.73 Å². The van der Waals surface area contributed by atoms with E-state index in [1.54, 1.807) is 12.1 Å². The highest BCUT2D eigenvalue weighted by atomic mass is 35.5. The SMILES string of the molecule is CCc1cc(CC(N)c2cc(Cl)ccc2Cl)n(C)n1. The molecule has 1 aromatic carbocycles. The summed E-state index contributed by atoms with van der Waals surface area (Å²) >= 11 is 12.2. The largest absolute Gasteiger partial charge is 0.324 e. The van der Waals surface area contributed by atoms with Gasteiger partial charge in [-0.05, 0) is 36.2 Å². The third-order valence-corrected chi connectivity index (χ3v) is 3.76. The molecule has 2 N–H and O–H groups in total. The van der Waals surface area contributed by atoms with Gasteiger partial charge >= 0.3 is 0 Å². The Bertz CT molecular complexity index is 578. The molecule has 2 rings (SSSR count). The molecule has 5 heteroatoms. The predicted molar refractivity (Wildman–Crippen MR) is 79.7 cm³/mol. The van der Waals surface area contributed by atoms with Crippen LogP contribution in [0.25, 0.3) is 0 Å². The van der Waals surface area contributed by atoms with Gasteiger partial charge in [0.25, 0.3) is 0 Å². The molecule has 0 aliphatic heterocycles. The molecule has 2 aromatic rings. The molecule has 1 heterocycles. The maximum absolute atomic E-state index is 6.23. The van der Waals surface area contributed by atoms with E-state index in [1.807, 2.05) is 17.8 Å². The van der Waals surface area contributed by atoms with Crippen molar-refractivity contribution in [2.45, 2.75) is 25.8 Å². The zero-order valence-corrected chi connectivity index (χ0v) is 12.5. The first-order valence-electron chi connectivity index (χ1n) is 6.23. The van der Waals surface area contributed by atoms with E-state index < -0.39 is 0 Å². The van der Waals surface area contributed by atoms with Gasteiger partial charge < -0.3 is 5.73 Å². The van der Waals surface area contributed by atoms with Gasteiger partial charge in [-0.15, -0.1) is 0 Å². The fraction of sp³-hybridized carbons (Fsp3) is 0.357. The summed E-state index contributed by atoms with van der Waals surface area (Å²) < 4.78 is 1.87. The van der Waals surface area contributed by atoms with Gasteiger partial charge in [-0.2, -0.15) is 5.10 Å². The Morgan fingerprint density at radius 2 is 2.05 bits per heavy atom. The number of rotatable bonds is 4. The van der Waals surface area contributed by atoms with E-state index in [0.717, 1.165) is 23.4 Å². The summed E-state index contributed by atoms with van der Waals surface area (Å²) in [5.41, 5.74) is 9.27. The van der Waals surface area contributed by atoms with E-state index in [4.69, 9.17) is 28.9 Å². The minimum Gasteiger partial charge on any atom is -0.324 e. The Morgan fingerprint density at radius 3 is 2.68 bits per heavy atom. The Kier molecular flexibility index (Phi) is 4.50. The average Bonchev–Trinajstić information content (AvgIpc) is 2.73. The zero-order valence-electron chi connectivity index (χ0n) is 11.0. The minimum atomic E-state index is -0.189. The molecule has 0 aliphatic carbocycles. The van der Waals surface area contributed by atoms with Crippen molar-refractivity contribution in [3.63, 3.8) is 0 Å². The van der Waals surface area contributed by atoms with Gasteiger partial charge in [-0.3, -0.25) is 4.68 Å². The summed E-state index contributed by atoms with van der Waals surface area (Å²) in [7, 11) is 1.93. The average molecular weight is 298 g/mol. The maximum Gasteiger partial charge on any atom is 0.0624 e. The molecule has 1 aromatic heterocycles. The van der Waals surface area contributed by atoms with Crippen molar-refractivity contribution in [3.05, 3.63) is 51.3 Å². The summed E-state index contributed by atoms with van der Waals surface area (Å²) in [6.45, 7) is 2.08. The van der Waals surface area contributed by atoms with Gasteiger partial charge in [-0.1, -0.05) is 30.1 Å². The van der Waals surface area contributed by atoms with Crippen LogP contribution in [0.4, 0.5) is 0 Å². The fourth-order valence-corrected chi connectivity index (χ4v) is 2.51. The van der Waals surface area contributed by atoms with E-state index in [9.17, 15) is 0 Å². The van der Waals surface area contributed by atoms with Crippen LogP contribution in [0, 0.1) is 0 Å². The van der Waals surface area contributed by atoms with E-state index in [-0.39, 0.29) is 6.04 Å². The number of hydrogen-bond acceptors (Lipinski definition) is 2. The summed E-state index contributed by atoms with van der Waals surface area (Å²) in [5.74, 6) is 0. The lowest BCUT2D eigenvalue weighted by molar-refractivity contribution is 0.638. The molecule has 0 radical (unpaired) electrons. The molecule has 3 nitrogen and oxygen atoms in total. The Morgan fingerprint density at radius 1 is 1.32 bits per heavy atom. The maximum atomic E-state index is 6.23. The fourth-order valence-electron chi connectivity index (χ4n) is 2.07. The van der Waals surface area contributed by atoms with Crippen molar-refractivity contribution in [2.75, 3.05) is 0 Å². The molecule has 19 heavy (non-hydrogen) atoms. The van der Waals surface area contributed by atoms with Gasteiger partial charge in [0.05, 0.1) is 5.69 Å². The quantitative estimate of drug-likeness (QED) is 0.938. The smallest absolute Gasteiger partial charge is 0.0624 e. The highest BCUT2D eigenvalue weighted by Crippen LogP contribution is 2.27. The van der Waals surface area contributed by atoms with E-state index in [2.05, 4.69) is 18.1 Å².